The van der Waals surface area contributed by atoms with Crippen molar-refractivity contribution in [2.45, 2.75) is 39.0 Å². The van der Waals surface area contributed by atoms with Crippen LogP contribution in [0.25, 0.3) is 0 Å². The summed E-state index contributed by atoms with van der Waals surface area (Å²) in [7, 11) is -3.57. The maximum Gasteiger partial charge on any atom is 0.243 e. The highest BCUT2D eigenvalue weighted by Gasteiger charge is 2.38. The first kappa shape index (κ1) is 25.2. The molecule has 182 valence electrons. The summed E-state index contributed by atoms with van der Waals surface area (Å²) in [5.74, 6) is -0.633. The average molecular weight is 479 g/mol. The lowest BCUT2D eigenvalue weighted by molar-refractivity contribution is -0.143. The average Bonchev–Trinajstić information content (AvgIpc) is 3.20. The molecule has 1 atom stereocenters. The van der Waals surface area contributed by atoms with Gasteiger partial charge >= 0.3 is 0 Å². The number of amides is 3. The Balaban J connectivity index is 1.63. The van der Waals surface area contributed by atoms with Crippen molar-refractivity contribution in [2.75, 3.05) is 50.7 Å². The van der Waals surface area contributed by atoms with Crippen LogP contribution in [0.1, 0.15) is 34.1 Å². The van der Waals surface area contributed by atoms with E-state index in [0.717, 1.165) is 0 Å². The van der Waals surface area contributed by atoms with Crippen LogP contribution in [0.2, 0.25) is 0 Å². The van der Waals surface area contributed by atoms with Crippen molar-refractivity contribution in [3.8, 4) is 0 Å². The molecule has 2 aliphatic rings. The SMILES string of the molecule is CCN(CC)S(=O)(=O)c1ccc(N2CC(C(=O)N3CCN(C(=O)C(C)C)CC3)CC2=O)cc1. The Kier molecular flexibility index (Phi) is 7.79. The number of benzene rings is 1. The Morgan fingerprint density at radius 2 is 1.55 bits per heavy atom. The summed E-state index contributed by atoms with van der Waals surface area (Å²) in [5, 5.41) is 0. The first-order valence-electron chi connectivity index (χ1n) is 11.6. The van der Waals surface area contributed by atoms with Crippen LogP contribution in [0.3, 0.4) is 0 Å². The van der Waals surface area contributed by atoms with Gasteiger partial charge < -0.3 is 14.7 Å². The number of carbonyl (C=O) groups excluding carboxylic acids is 3. The van der Waals surface area contributed by atoms with Gasteiger partial charge in [0.25, 0.3) is 0 Å². The summed E-state index contributed by atoms with van der Waals surface area (Å²) in [6.07, 6.45) is 0.128. The zero-order chi connectivity index (χ0) is 24.3. The van der Waals surface area contributed by atoms with E-state index in [2.05, 4.69) is 0 Å². The van der Waals surface area contributed by atoms with Crippen LogP contribution in [0, 0.1) is 11.8 Å². The Morgan fingerprint density at radius 1 is 1.00 bits per heavy atom. The molecule has 2 saturated heterocycles. The van der Waals surface area contributed by atoms with Crippen LogP contribution < -0.4 is 4.90 Å². The third-order valence-electron chi connectivity index (χ3n) is 6.36. The van der Waals surface area contributed by atoms with Crippen LogP contribution in [-0.4, -0.2) is 86.1 Å². The number of carbonyl (C=O) groups is 3. The van der Waals surface area contributed by atoms with Gasteiger partial charge in [0.05, 0.1) is 10.8 Å². The topological polar surface area (TPSA) is 98.3 Å². The molecule has 2 heterocycles. The van der Waals surface area contributed by atoms with E-state index in [4.69, 9.17) is 0 Å². The van der Waals surface area contributed by atoms with E-state index in [9.17, 15) is 22.8 Å². The molecule has 33 heavy (non-hydrogen) atoms. The van der Waals surface area contributed by atoms with Crippen molar-refractivity contribution in [3.05, 3.63) is 24.3 Å². The molecule has 0 aliphatic carbocycles. The third kappa shape index (κ3) is 5.22. The molecule has 1 aromatic rings. The second kappa shape index (κ2) is 10.2. The van der Waals surface area contributed by atoms with Crippen molar-refractivity contribution < 1.29 is 22.8 Å². The molecule has 0 bridgehead atoms. The largest absolute Gasteiger partial charge is 0.339 e. The summed E-state index contributed by atoms with van der Waals surface area (Å²) in [6.45, 7) is 10.3. The Labute approximate surface area is 196 Å². The van der Waals surface area contributed by atoms with Crippen LogP contribution >= 0.6 is 0 Å². The third-order valence-corrected chi connectivity index (χ3v) is 8.43. The van der Waals surface area contributed by atoms with Crippen molar-refractivity contribution in [1.82, 2.24) is 14.1 Å². The van der Waals surface area contributed by atoms with E-state index in [0.29, 0.717) is 45.0 Å². The second-order valence-corrected chi connectivity index (χ2v) is 10.7. The maximum atomic E-state index is 13.0. The molecule has 1 aromatic carbocycles. The van der Waals surface area contributed by atoms with E-state index >= 15 is 0 Å². The number of sulfonamides is 1. The quantitative estimate of drug-likeness (QED) is 0.590. The zero-order valence-electron chi connectivity index (χ0n) is 19.9. The highest BCUT2D eigenvalue weighted by molar-refractivity contribution is 7.89. The summed E-state index contributed by atoms with van der Waals surface area (Å²) in [4.78, 5) is 43.1. The summed E-state index contributed by atoms with van der Waals surface area (Å²) >= 11 is 0. The number of anilines is 1. The molecule has 0 N–H and O–H groups in total. The van der Waals surface area contributed by atoms with Gasteiger partial charge in [0.2, 0.25) is 27.7 Å². The van der Waals surface area contributed by atoms with Crippen LogP contribution in [0.4, 0.5) is 5.69 Å². The minimum atomic E-state index is -3.57. The normalized spacial score (nSPS) is 19.6. The van der Waals surface area contributed by atoms with Gasteiger partial charge in [-0.3, -0.25) is 14.4 Å². The first-order chi connectivity index (χ1) is 15.6. The fraction of sp³-hybridized carbons (Fsp3) is 0.609. The molecular weight excluding hydrogens is 444 g/mol. The predicted molar refractivity (Wildman–Crippen MR) is 125 cm³/mol. The van der Waals surface area contributed by atoms with Gasteiger partial charge in [0, 0.05) is 63.8 Å². The van der Waals surface area contributed by atoms with Gasteiger partial charge in [-0.2, -0.15) is 4.31 Å². The van der Waals surface area contributed by atoms with Gasteiger partial charge in [-0.15, -0.1) is 0 Å². The molecular formula is C23H34N4O5S. The lowest BCUT2D eigenvalue weighted by atomic mass is 10.1. The monoisotopic (exact) mass is 478 g/mol. The summed E-state index contributed by atoms with van der Waals surface area (Å²) in [6, 6.07) is 6.27. The molecule has 3 rings (SSSR count). The molecule has 1 unspecified atom stereocenters. The molecule has 0 radical (unpaired) electrons. The number of hydrogen-bond acceptors (Lipinski definition) is 5. The molecule has 0 saturated carbocycles. The predicted octanol–water partition coefficient (Wildman–Crippen LogP) is 1.40. The fourth-order valence-corrected chi connectivity index (χ4v) is 5.86. The van der Waals surface area contributed by atoms with Crippen molar-refractivity contribution in [3.63, 3.8) is 0 Å². The van der Waals surface area contributed by atoms with Gasteiger partial charge in [-0.1, -0.05) is 27.7 Å². The number of hydrogen-bond donors (Lipinski definition) is 0. The van der Waals surface area contributed by atoms with Crippen LogP contribution in [-0.2, 0) is 24.4 Å². The second-order valence-electron chi connectivity index (χ2n) is 8.79. The molecule has 3 amide bonds. The number of piperazine rings is 1. The fourth-order valence-electron chi connectivity index (χ4n) is 4.40. The van der Waals surface area contributed by atoms with Gasteiger partial charge in [-0.05, 0) is 24.3 Å². The zero-order valence-corrected chi connectivity index (χ0v) is 20.7. The molecule has 2 fully saturated rings. The highest BCUT2D eigenvalue weighted by atomic mass is 32.2. The lowest BCUT2D eigenvalue weighted by Gasteiger charge is -2.36. The molecule has 9 nitrogen and oxygen atoms in total. The van der Waals surface area contributed by atoms with Crippen molar-refractivity contribution >= 4 is 33.4 Å². The first-order valence-corrected chi connectivity index (χ1v) is 13.0. The van der Waals surface area contributed by atoms with E-state index < -0.39 is 15.9 Å². The number of rotatable bonds is 7. The summed E-state index contributed by atoms with van der Waals surface area (Å²) < 4.78 is 26.7. The van der Waals surface area contributed by atoms with E-state index in [1.807, 2.05) is 13.8 Å². The van der Waals surface area contributed by atoms with Gasteiger partial charge in [0.15, 0.2) is 0 Å². The standard InChI is InChI=1S/C23H34N4O5S/c1-5-26(6-2)33(31,32)20-9-7-19(8-10-20)27-16-18(15-21(27)28)23(30)25-13-11-24(12-14-25)22(29)17(3)4/h7-10,17-18H,5-6,11-16H2,1-4H3. The molecule has 0 spiro atoms. The van der Waals surface area contributed by atoms with E-state index in [-0.39, 0.29) is 41.5 Å². The van der Waals surface area contributed by atoms with E-state index in [1.54, 1.807) is 40.7 Å². The van der Waals surface area contributed by atoms with Crippen LogP contribution in [0.5, 0.6) is 0 Å². The minimum absolute atomic E-state index is 0.0665. The molecule has 10 heteroatoms. The Morgan fingerprint density at radius 3 is 2.06 bits per heavy atom. The lowest BCUT2D eigenvalue weighted by Crippen LogP contribution is -2.53. The van der Waals surface area contributed by atoms with Crippen molar-refractivity contribution in [2.24, 2.45) is 11.8 Å². The molecule has 0 aromatic heterocycles. The van der Waals surface area contributed by atoms with Crippen LogP contribution in [0.15, 0.2) is 29.2 Å². The van der Waals surface area contributed by atoms with Crippen molar-refractivity contribution in [1.29, 1.82) is 0 Å². The Hall–Kier alpha value is -2.46. The maximum absolute atomic E-state index is 13.0. The Bertz CT molecular complexity index is 981. The number of nitrogens with zero attached hydrogens (tertiary/aromatic N) is 4. The highest BCUT2D eigenvalue weighted by Crippen LogP contribution is 2.28. The molecule has 2 aliphatic heterocycles. The smallest absolute Gasteiger partial charge is 0.243 e. The van der Waals surface area contributed by atoms with E-state index in [1.165, 1.54) is 16.4 Å². The van der Waals surface area contributed by atoms with Gasteiger partial charge in [0.1, 0.15) is 0 Å². The van der Waals surface area contributed by atoms with Gasteiger partial charge in [-0.25, -0.2) is 8.42 Å². The summed E-state index contributed by atoms with van der Waals surface area (Å²) in [5.41, 5.74) is 0.584. The minimum Gasteiger partial charge on any atom is -0.339 e.